The minimum absolute atomic E-state index is 0.247. The van der Waals surface area contributed by atoms with Gasteiger partial charge in [-0.15, -0.1) is 0 Å². The van der Waals surface area contributed by atoms with E-state index in [-0.39, 0.29) is 6.29 Å². The van der Waals surface area contributed by atoms with E-state index in [4.69, 9.17) is 19.5 Å². The molecule has 4 nitrogen and oxygen atoms in total. The molecule has 0 atom stereocenters. The second-order valence-corrected chi connectivity index (χ2v) is 4.87. The van der Waals surface area contributed by atoms with Crippen LogP contribution in [0.25, 0.3) is 6.08 Å². The molecule has 0 amide bonds. The molecule has 0 aromatic heterocycles. The van der Waals surface area contributed by atoms with Gasteiger partial charge in [0, 0.05) is 0 Å². The molecule has 0 radical (unpaired) electrons. The van der Waals surface area contributed by atoms with Crippen molar-refractivity contribution in [3.63, 3.8) is 0 Å². The molecule has 0 unspecified atom stereocenters. The van der Waals surface area contributed by atoms with E-state index < -0.39 is 6.29 Å². The van der Waals surface area contributed by atoms with E-state index in [1.165, 1.54) is 0 Å². The molecule has 4 heteroatoms. The van der Waals surface area contributed by atoms with Gasteiger partial charge in [-0.05, 0) is 42.8 Å². The molecule has 0 bridgehead atoms. The number of para-hydroxylation sites is 1. The Bertz CT molecular complexity index is 695. The van der Waals surface area contributed by atoms with Gasteiger partial charge in [-0.3, -0.25) is 0 Å². The SMILES string of the molecule is CC1OC(/C(C#N)=C/c2ccc(Oc3ccccc3)cc2)O1. The van der Waals surface area contributed by atoms with Gasteiger partial charge in [0.05, 0.1) is 5.57 Å². The Labute approximate surface area is 129 Å². The topological polar surface area (TPSA) is 51.5 Å². The van der Waals surface area contributed by atoms with Crippen molar-refractivity contribution < 1.29 is 14.2 Å². The maximum absolute atomic E-state index is 9.16. The highest BCUT2D eigenvalue weighted by Crippen LogP contribution is 2.25. The van der Waals surface area contributed by atoms with Crippen molar-refractivity contribution in [3.05, 3.63) is 65.7 Å². The van der Waals surface area contributed by atoms with Gasteiger partial charge in [0.25, 0.3) is 0 Å². The molecule has 1 saturated heterocycles. The Balaban J connectivity index is 1.70. The lowest BCUT2D eigenvalue weighted by molar-refractivity contribution is -0.357. The highest BCUT2D eigenvalue weighted by molar-refractivity contribution is 5.58. The third-order valence-corrected chi connectivity index (χ3v) is 3.19. The number of rotatable bonds is 4. The molecule has 22 heavy (non-hydrogen) atoms. The molecule has 0 spiro atoms. The van der Waals surface area contributed by atoms with Crippen molar-refractivity contribution >= 4 is 6.08 Å². The quantitative estimate of drug-likeness (QED) is 0.796. The zero-order chi connectivity index (χ0) is 15.4. The molecule has 0 aliphatic carbocycles. The summed E-state index contributed by atoms with van der Waals surface area (Å²) in [6, 6.07) is 19.2. The summed E-state index contributed by atoms with van der Waals surface area (Å²) in [7, 11) is 0. The molecule has 1 heterocycles. The minimum Gasteiger partial charge on any atom is -0.457 e. The third kappa shape index (κ3) is 3.34. The summed E-state index contributed by atoms with van der Waals surface area (Å²) in [5.41, 5.74) is 1.35. The highest BCUT2D eigenvalue weighted by atomic mass is 16.9. The molecule has 2 aromatic carbocycles. The first-order valence-corrected chi connectivity index (χ1v) is 7.00. The predicted molar refractivity (Wildman–Crippen MR) is 82.0 cm³/mol. The summed E-state index contributed by atoms with van der Waals surface area (Å²) in [5, 5.41) is 9.16. The number of benzene rings is 2. The molecule has 3 rings (SSSR count). The molecule has 1 aliphatic heterocycles. The largest absolute Gasteiger partial charge is 0.457 e. The van der Waals surface area contributed by atoms with Crippen LogP contribution in [-0.2, 0) is 9.47 Å². The first-order chi connectivity index (χ1) is 10.7. The summed E-state index contributed by atoms with van der Waals surface area (Å²) >= 11 is 0. The summed E-state index contributed by atoms with van der Waals surface area (Å²) in [5.74, 6) is 1.53. The van der Waals surface area contributed by atoms with Gasteiger partial charge < -0.3 is 14.2 Å². The van der Waals surface area contributed by atoms with Gasteiger partial charge in [0.15, 0.2) is 12.6 Å². The van der Waals surface area contributed by atoms with Crippen LogP contribution in [0.15, 0.2) is 60.2 Å². The van der Waals surface area contributed by atoms with Crippen molar-refractivity contribution in [2.24, 2.45) is 0 Å². The Morgan fingerprint density at radius 3 is 2.27 bits per heavy atom. The summed E-state index contributed by atoms with van der Waals surface area (Å²) in [6.45, 7) is 1.79. The van der Waals surface area contributed by atoms with Gasteiger partial charge in [-0.2, -0.15) is 5.26 Å². The average molecular weight is 293 g/mol. The number of nitrogens with zero attached hydrogens (tertiary/aromatic N) is 1. The van der Waals surface area contributed by atoms with Crippen LogP contribution in [0.1, 0.15) is 12.5 Å². The molecular formula is C18H15NO3. The second-order valence-electron chi connectivity index (χ2n) is 4.87. The van der Waals surface area contributed by atoms with Crippen LogP contribution in [0.5, 0.6) is 11.5 Å². The monoisotopic (exact) mass is 293 g/mol. The fraction of sp³-hybridized carbons (Fsp3) is 0.167. The Hall–Kier alpha value is -2.61. The maximum Gasteiger partial charge on any atom is 0.199 e. The smallest absolute Gasteiger partial charge is 0.199 e. The van der Waals surface area contributed by atoms with Crippen LogP contribution in [0.4, 0.5) is 0 Å². The zero-order valence-electron chi connectivity index (χ0n) is 12.1. The van der Waals surface area contributed by atoms with Crippen LogP contribution < -0.4 is 4.74 Å². The number of hydrogen-bond donors (Lipinski definition) is 0. The third-order valence-electron chi connectivity index (χ3n) is 3.19. The Morgan fingerprint density at radius 1 is 1.05 bits per heavy atom. The first-order valence-electron chi connectivity index (χ1n) is 7.00. The predicted octanol–water partition coefficient (Wildman–Crippen LogP) is 4.10. The van der Waals surface area contributed by atoms with Crippen molar-refractivity contribution in [1.82, 2.24) is 0 Å². The standard InChI is InChI=1S/C18H15NO3/c1-13-20-18(21-13)15(12-19)11-14-7-9-17(10-8-14)22-16-5-3-2-4-6-16/h2-11,13,18H,1H3/b15-11+. The van der Waals surface area contributed by atoms with E-state index in [1.807, 2.05) is 54.6 Å². The van der Waals surface area contributed by atoms with Crippen LogP contribution >= 0.6 is 0 Å². The lowest BCUT2D eigenvalue weighted by Gasteiger charge is -2.33. The maximum atomic E-state index is 9.16. The van der Waals surface area contributed by atoms with Crippen molar-refractivity contribution in [3.8, 4) is 17.6 Å². The molecular weight excluding hydrogens is 278 g/mol. The van der Waals surface area contributed by atoms with Crippen molar-refractivity contribution in [1.29, 1.82) is 5.26 Å². The summed E-state index contributed by atoms with van der Waals surface area (Å²) in [4.78, 5) is 0. The minimum atomic E-state index is -0.555. The van der Waals surface area contributed by atoms with E-state index in [0.717, 1.165) is 17.1 Å². The van der Waals surface area contributed by atoms with Crippen molar-refractivity contribution in [2.45, 2.75) is 19.5 Å². The highest BCUT2D eigenvalue weighted by Gasteiger charge is 2.30. The summed E-state index contributed by atoms with van der Waals surface area (Å²) in [6.07, 6.45) is 0.951. The second kappa shape index (κ2) is 6.44. The number of nitriles is 1. The van der Waals surface area contributed by atoms with Crippen LogP contribution in [0.2, 0.25) is 0 Å². The average Bonchev–Trinajstić information content (AvgIpc) is 2.52. The van der Waals surface area contributed by atoms with E-state index >= 15 is 0 Å². The molecule has 1 aliphatic rings. The Kier molecular flexibility index (Phi) is 4.19. The fourth-order valence-electron chi connectivity index (χ4n) is 2.09. The van der Waals surface area contributed by atoms with Crippen LogP contribution in [-0.4, -0.2) is 12.6 Å². The lowest BCUT2D eigenvalue weighted by Crippen LogP contribution is -2.39. The van der Waals surface area contributed by atoms with Gasteiger partial charge in [-0.25, -0.2) is 0 Å². The molecule has 110 valence electrons. The van der Waals surface area contributed by atoms with E-state index in [1.54, 1.807) is 13.0 Å². The van der Waals surface area contributed by atoms with Crippen LogP contribution in [0.3, 0.4) is 0 Å². The normalized spacial score (nSPS) is 20.8. The number of ether oxygens (including phenoxy) is 3. The molecule has 2 aromatic rings. The Morgan fingerprint density at radius 2 is 1.68 bits per heavy atom. The van der Waals surface area contributed by atoms with Crippen LogP contribution in [0, 0.1) is 11.3 Å². The van der Waals surface area contributed by atoms with Crippen molar-refractivity contribution in [2.75, 3.05) is 0 Å². The van der Waals surface area contributed by atoms with E-state index in [2.05, 4.69) is 6.07 Å². The van der Waals surface area contributed by atoms with Gasteiger partial charge in [-0.1, -0.05) is 30.3 Å². The molecule has 0 saturated carbocycles. The van der Waals surface area contributed by atoms with E-state index in [9.17, 15) is 0 Å². The summed E-state index contributed by atoms with van der Waals surface area (Å²) < 4.78 is 16.4. The first kappa shape index (κ1) is 14.3. The van der Waals surface area contributed by atoms with Gasteiger partial charge in [0.1, 0.15) is 17.6 Å². The zero-order valence-corrected chi connectivity index (χ0v) is 12.1. The molecule has 1 fully saturated rings. The van der Waals surface area contributed by atoms with Gasteiger partial charge >= 0.3 is 0 Å². The van der Waals surface area contributed by atoms with Gasteiger partial charge in [0.2, 0.25) is 0 Å². The lowest BCUT2D eigenvalue weighted by atomic mass is 10.1. The number of hydrogen-bond acceptors (Lipinski definition) is 4. The van der Waals surface area contributed by atoms with E-state index in [0.29, 0.717) is 5.57 Å². The molecule has 0 N–H and O–H groups in total. The fourth-order valence-corrected chi connectivity index (χ4v) is 2.09.